The zero-order chi connectivity index (χ0) is 30.6. The van der Waals surface area contributed by atoms with Crippen LogP contribution in [0.5, 0.6) is 0 Å². The summed E-state index contributed by atoms with van der Waals surface area (Å²) in [7, 11) is 0. The van der Waals surface area contributed by atoms with Gasteiger partial charge in [-0.25, -0.2) is 0 Å². The van der Waals surface area contributed by atoms with Crippen molar-refractivity contribution in [3.05, 3.63) is 158 Å². The number of nitrogens with zero attached hydrogens (tertiary/aromatic N) is 2. The summed E-state index contributed by atoms with van der Waals surface area (Å²) < 4.78 is 11.0. The molecule has 3 heteroatoms. The van der Waals surface area contributed by atoms with E-state index in [2.05, 4.69) is 155 Å². The van der Waals surface area contributed by atoms with Crippen LogP contribution in [-0.2, 0) is 0 Å². The van der Waals surface area contributed by atoms with Crippen LogP contribution in [0.1, 0.15) is 0 Å². The third-order valence-electron chi connectivity index (χ3n) is 10.1. The summed E-state index contributed by atoms with van der Waals surface area (Å²) in [6, 6.07) is 57.1. The number of hydrogen-bond acceptors (Lipinski definition) is 1. The van der Waals surface area contributed by atoms with Crippen molar-refractivity contribution in [2.45, 2.75) is 0 Å². The fourth-order valence-corrected chi connectivity index (χ4v) is 8.07. The first-order valence-electron chi connectivity index (χ1n) is 16.1. The van der Waals surface area contributed by atoms with Gasteiger partial charge in [-0.05, 0) is 88.6 Å². The first-order chi connectivity index (χ1) is 23.3. The highest BCUT2D eigenvalue weighted by Crippen LogP contribution is 2.44. The minimum atomic E-state index is 0.920. The quantitative estimate of drug-likeness (QED) is 0.186. The highest BCUT2D eigenvalue weighted by molar-refractivity contribution is 6.27. The molecule has 0 radical (unpaired) electrons. The second-order valence-corrected chi connectivity index (χ2v) is 12.5. The number of benzene rings is 8. The predicted octanol–water partition coefficient (Wildman–Crippen LogP) is 12.0. The Hall–Kier alpha value is -6.32. The number of fused-ring (bicyclic) bond motifs is 6. The van der Waals surface area contributed by atoms with Gasteiger partial charge >= 0.3 is 0 Å². The Morgan fingerprint density at radius 3 is 2.02 bits per heavy atom. The Labute approximate surface area is 269 Å². The zero-order valence-corrected chi connectivity index (χ0v) is 25.3. The molecule has 0 amide bonds. The molecule has 0 N–H and O–H groups in total. The molecule has 0 aliphatic rings. The first-order valence-corrected chi connectivity index (χ1v) is 16.1. The second-order valence-electron chi connectivity index (χ2n) is 12.5. The van der Waals surface area contributed by atoms with E-state index in [4.69, 9.17) is 4.42 Å². The molecule has 11 aromatic rings. The average molecular weight is 599 g/mol. The lowest BCUT2D eigenvalue weighted by molar-refractivity contribution is 0.669. The van der Waals surface area contributed by atoms with Gasteiger partial charge in [-0.2, -0.15) is 0 Å². The summed E-state index contributed by atoms with van der Waals surface area (Å²) >= 11 is 0. The predicted molar refractivity (Wildman–Crippen MR) is 197 cm³/mol. The van der Waals surface area contributed by atoms with Gasteiger partial charge in [0.25, 0.3) is 0 Å². The maximum Gasteiger partial charge on any atom is 0.135 e. The normalized spacial score (nSPS) is 12.3. The summed E-state index contributed by atoms with van der Waals surface area (Å²) in [5.41, 5.74) is 11.5. The standard InChI is InChI=1S/C44H26N2O/c1-2-10-29(11-3-1)45-37-14-6-4-12-32(37)35-26-30(19-22-38(35)45)46-39-15-8-9-27-17-20-34-31(21-23-40(46)44(34)43(27)39)28-18-24-42-36(25-28)33-13-5-7-16-41(33)47-42/h1-26H. The molecule has 0 atom stereocenters. The molecule has 11 rings (SSSR count). The van der Waals surface area contributed by atoms with E-state index in [1.807, 2.05) is 12.1 Å². The summed E-state index contributed by atoms with van der Waals surface area (Å²) in [6.07, 6.45) is 0. The van der Waals surface area contributed by atoms with Gasteiger partial charge in [0.05, 0.1) is 22.1 Å². The van der Waals surface area contributed by atoms with Gasteiger partial charge in [-0.1, -0.05) is 91.0 Å². The van der Waals surface area contributed by atoms with E-state index in [1.54, 1.807) is 0 Å². The molecule has 0 spiro atoms. The van der Waals surface area contributed by atoms with Crippen molar-refractivity contribution in [3.63, 3.8) is 0 Å². The van der Waals surface area contributed by atoms with Crippen LogP contribution in [0.15, 0.2) is 162 Å². The van der Waals surface area contributed by atoms with Crippen molar-refractivity contribution in [2.75, 3.05) is 0 Å². The molecule has 0 bridgehead atoms. The van der Waals surface area contributed by atoms with E-state index in [0.29, 0.717) is 0 Å². The molecule has 8 aromatic carbocycles. The number of furan rings is 1. The summed E-state index contributed by atoms with van der Waals surface area (Å²) in [5, 5.41) is 9.94. The Balaban J connectivity index is 1.18. The number of aromatic nitrogens is 2. The third-order valence-corrected chi connectivity index (χ3v) is 10.1. The van der Waals surface area contributed by atoms with Crippen molar-refractivity contribution in [1.82, 2.24) is 9.13 Å². The molecule has 3 heterocycles. The maximum absolute atomic E-state index is 6.15. The lowest BCUT2D eigenvalue weighted by atomic mass is 9.94. The molecule has 218 valence electrons. The molecule has 47 heavy (non-hydrogen) atoms. The zero-order valence-electron chi connectivity index (χ0n) is 25.3. The second kappa shape index (κ2) is 9.12. The van der Waals surface area contributed by atoms with Gasteiger partial charge in [0.2, 0.25) is 0 Å². The molecule has 3 nitrogen and oxygen atoms in total. The van der Waals surface area contributed by atoms with E-state index < -0.39 is 0 Å². The molecule has 0 saturated carbocycles. The summed E-state index contributed by atoms with van der Waals surface area (Å²) in [5.74, 6) is 0. The minimum absolute atomic E-state index is 0.920. The van der Waals surface area contributed by atoms with Gasteiger partial charge in [-0.15, -0.1) is 0 Å². The Bertz CT molecular complexity index is 3010. The van der Waals surface area contributed by atoms with Crippen molar-refractivity contribution >= 4 is 76.3 Å². The molecule has 0 aliphatic carbocycles. The number of rotatable bonds is 3. The van der Waals surface area contributed by atoms with Gasteiger partial charge in [0, 0.05) is 43.7 Å². The number of para-hydroxylation sites is 3. The largest absolute Gasteiger partial charge is 0.456 e. The van der Waals surface area contributed by atoms with E-state index >= 15 is 0 Å². The van der Waals surface area contributed by atoms with E-state index in [9.17, 15) is 0 Å². The molecule has 0 unspecified atom stereocenters. The minimum Gasteiger partial charge on any atom is -0.456 e. The maximum atomic E-state index is 6.15. The Morgan fingerprint density at radius 2 is 1.09 bits per heavy atom. The fraction of sp³-hybridized carbons (Fsp3) is 0. The van der Waals surface area contributed by atoms with Crippen molar-refractivity contribution in [1.29, 1.82) is 0 Å². The molecule has 3 aromatic heterocycles. The lowest BCUT2D eigenvalue weighted by Gasteiger charge is -2.11. The third kappa shape index (κ3) is 3.35. The van der Waals surface area contributed by atoms with Crippen molar-refractivity contribution < 1.29 is 4.42 Å². The summed E-state index contributed by atoms with van der Waals surface area (Å²) in [4.78, 5) is 0. The molecule has 0 fully saturated rings. The number of hydrogen-bond donors (Lipinski definition) is 0. The van der Waals surface area contributed by atoms with Crippen LogP contribution in [0.3, 0.4) is 0 Å². The van der Waals surface area contributed by atoms with Crippen molar-refractivity contribution in [2.24, 2.45) is 0 Å². The Kier molecular flexibility index (Phi) is 4.84. The van der Waals surface area contributed by atoms with Crippen LogP contribution in [0.2, 0.25) is 0 Å². The first kappa shape index (κ1) is 24.9. The summed E-state index contributed by atoms with van der Waals surface area (Å²) in [6.45, 7) is 0. The van der Waals surface area contributed by atoms with Gasteiger partial charge in [0.1, 0.15) is 11.2 Å². The Morgan fingerprint density at radius 1 is 0.362 bits per heavy atom. The highest BCUT2D eigenvalue weighted by Gasteiger charge is 2.20. The highest BCUT2D eigenvalue weighted by atomic mass is 16.3. The van der Waals surface area contributed by atoms with Crippen LogP contribution in [0, 0.1) is 0 Å². The topological polar surface area (TPSA) is 23.0 Å². The van der Waals surface area contributed by atoms with Crippen LogP contribution in [-0.4, -0.2) is 9.13 Å². The van der Waals surface area contributed by atoms with Crippen molar-refractivity contribution in [3.8, 4) is 22.5 Å². The molecule has 0 saturated heterocycles. The molecular weight excluding hydrogens is 572 g/mol. The fourth-order valence-electron chi connectivity index (χ4n) is 8.07. The molecular formula is C44H26N2O. The SMILES string of the molecule is c1ccc(-n2c3ccccc3c3cc(-n4c5cccc6ccc7c(-c8ccc9oc%10ccccc%10c9c8)ccc4c7c65)ccc32)cc1. The van der Waals surface area contributed by atoms with E-state index in [0.717, 1.165) is 27.6 Å². The smallest absolute Gasteiger partial charge is 0.135 e. The van der Waals surface area contributed by atoms with Gasteiger partial charge < -0.3 is 13.6 Å². The van der Waals surface area contributed by atoms with Crippen LogP contribution >= 0.6 is 0 Å². The van der Waals surface area contributed by atoms with E-state index in [1.165, 1.54) is 71.2 Å². The molecule has 0 aliphatic heterocycles. The van der Waals surface area contributed by atoms with Crippen LogP contribution in [0.4, 0.5) is 0 Å². The monoisotopic (exact) mass is 598 g/mol. The lowest BCUT2D eigenvalue weighted by Crippen LogP contribution is -1.95. The van der Waals surface area contributed by atoms with Gasteiger partial charge in [-0.3, -0.25) is 0 Å². The van der Waals surface area contributed by atoms with Crippen LogP contribution in [0.25, 0.3) is 98.8 Å². The van der Waals surface area contributed by atoms with E-state index in [-0.39, 0.29) is 0 Å². The van der Waals surface area contributed by atoms with Gasteiger partial charge in [0.15, 0.2) is 0 Å². The van der Waals surface area contributed by atoms with Crippen LogP contribution < -0.4 is 0 Å². The average Bonchev–Trinajstić information content (AvgIpc) is 3.79.